The summed E-state index contributed by atoms with van der Waals surface area (Å²) in [6, 6.07) is 13.6. The van der Waals surface area contributed by atoms with Crippen molar-refractivity contribution in [2.45, 2.75) is 50.7 Å². The minimum atomic E-state index is -0.411. The first-order valence-electron chi connectivity index (χ1n) is 11.5. The number of nitrogens with one attached hydrogen (secondary N) is 1. The predicted molar refractivity (Wildman–Crippen MR) is 122 cm³/mol. The fourth-order valence-electron chi connectivity index (χ4n) is 5.54. The highest BCUT2D eigenvalue weighted by atomic mass is 19.1. The lowest BCUT2D eigenvalue weighted by atomic mass is 9.86. The van der Waals surface area contributed by atoms with Crippen molar-refractivity contribution in [2.75, 3.05) is 20.1 Å². The van der Waals surface area contributed by atoms with Crippen molar-refractivity contribution in [2.24, 2.45) is 0 Å². The Labute approximate surface area is 186 Å². The highest BCUT2D eigenvalue weighted by Gasteiger charge is 2.31. The van der Waals surface area contributed by atoms with Crippen molar-refractivity contribution in [3.8, 4) is 0 Å². The van der Waals surface area contributed by atoms with E-state index in [4.69, 9.17) is 0 Å². The number of likely N-dealkylation sites (tertiary alicyclic amines) is 1. The van der Waals surface area contributed by atoms with Crippen molar-refractivity contribution >= 4 is 16.9 Å². The third kappa shape index (κ3) is 3.64. The predicted octanol–water partition coefficient (Wildman–Crippen LogP) is 3.40. The van der Waals surface area contributed by atoms with Crippen LogP contribution in [0.3, 0.4) is 0 Å². The van der Waals surface area contributed by atoms with E-state index in [1.807, 2.05) is 0 Å². The molecule has 5 rings (SSSR count). The zero-order valence-electron chi connectivity index (χ0n) is 18.4. The van der Waals surface area contributed by atoms with Gasteiger partial charge in [0.05, 0.1) is 11.0 Å². The van der Waals surface area contributed by atoms with Crippen LogP contribution in [0.5, 0.6) is 0 Å². The molecular formula is C25H29FN4O2. The number of piperidine rings is 1. The van der Waals surface area contributed by atoms with E-state index in [0.29, 0.717) is 17.1 Å². The number of aryl methyl sites for hydroxylation is 1. The quantitative estimate of drug-likeness (QED) is 0.682. The number of benzene rings is 2. The maximum atomic E-state index is 14.0. The van der Waals surface area contributed by atoms with Crippen molar-refractivity contribution < 1.29 is 9.18 Å². The second-order valence-electron chi connectivity index (χ2n) is 8.92. The van der Waals surface area contributed by atoms with Gasteiger partial charge in [-0.2, -0.15) is 0 Å². The summed E-state index contributed by atoms with van der Waals surface area (Å²) in [7, 11) is 1.53. The van der Waals surface area contributed by atoms with Crippen LogP contribution in [0.15, 0.2) is 47.3 Å². The summed E-state index contributed by atoms with van der Waals surface area (Å²) in [5, 5.41) is 2.55. The molecule has 168 valence electrons. The molecule has 3 aromatic rings. The second kappa shape index (κ2) is 8.54. The van der Waals surface area contributed by atoms with E-state index >= 15 is 0 Å². The summed E-state index contributed by atoms with van der Waals surface area (Å²) < 4.78 is 17.1. The Bertz CT molecular complexity index is 1210. The monoisotopic (exact) mass is 436 g/mol. The molecule has 1 aliphatic heterocycles. The van der Waals surface area contributed by atoms with Crippen molar-refractivity contribution in [3.05, 3.63) is 69.9 Å². The van der Waals surface area contributed by atoms with Crippen LogP contribution < -0.4 is 11.0 Å². The number of fused-ring (bicyclic) bond motifs is 2. The van der Waals surface area contributed by atoms with E-state index in [1.165, 1.54) is 47.7 Å². The minimum Gasteiger partial charge on any atom is -0.358 e. The number of aromatic nitrogens is 2. The maximum Gasteiger partial charge on any atom is 0.329 e. The summed E-state index contributed by atoms with van der Waals surface area (Å²) >= 11 is 0. The average molecular weight is 437 g/mol. The molecule has 0 spiro atoms. The van der Waals surface area contributed by atoms with Crippen LogP contribution in [0.4, 0.5) is 4.39 Å². The van der Waals surface area contributed by atoms with Gasteiger partial charge in [0.25, 0.3) is 0 Å². The Balaban J connectivity index is 1.42. The largest absolute Gasteiger partial charge is 0.358 e. The van der Waals surface area contributed by atoms with E-state index in [0.717, 1.165) is 32.4 Å². The van der Waals surface area contributed by atoms with Gasteiger partial charge in [-0.05, 0) is 61.4 Å². The van der Waals surface area contributed by atoms with Gasteiger partial charge < -0.3 is 5.32 Å². The summed E-state index contributed by atoms with van der Waals surface area (Å²) in [6.07, 6.45) is 5.25. The number of hydrogen-bond donors (Lipinski definition) is 1. The summed E-state index contributed by atoms with van der Waals surface area (Å²) in [5.41, 5.74) is 3.84. The molecule has 2 heterocycles. The lowest BCUT2D eigenvalue weighted by molar-refractivity contribution is -0.121. The molecule has 1 atom stereocenters. The molecule has 1 saturated heterocycles. The number of carbonyl (C=O) groups is 1. The van der Waals surface area contributed by atoms with Gasteiger partial charge in [-0.25, -0.2) is 9.18 Å². The summed E-state index contributed by atoms with van der Waals surface area (Å²) in [5.74, 6) is -0.688. The molecule has 1 aromatic heterocycles. The molecule has 1 unspecified atom stereocenters. The minimum absolute atomic E-state index is 0.0384. The zero-order chi connectivity index (χ0) is 22.2. The molecule has 0 radical (unpaired) electrons. The molecule has 1 fully saturated rings. The molecule has 7 heteroatoms. The number of nitrogens with zero attached hydrogens (tertiary/aromatic N) is 3. The smallest absolute Gasteiger partial charge is 0.329 e. The van der Waals surface area contributed by atoms with Gasteiger partial charge in [0, 0.05) is 32.2 Å². The number of hydrogen-bond acceptors (Lipinski definition) is 3. The summed E-state index contributed by atoms with van der Waals surface area (Å²) in [6.45, 7) is 1.72. The highest BCUT2D eigenvalue weighted by Crippen LogP contribution is 2.37. The normalized spacial score (nSPS) is 19.8. The van der Waals surface area contributed by atoms with Crippen molar-refractivity contribution in [1.82, 2.24) is 19.4 Å². The molecule has 2 aliphatic rings. The highest BCUT2D eigenvalue weighted by molar-refractivity contribution is 5.81. The standard InChI is InChI=1S/C25H29FN4O2/c1-27-24(31)16-29-23-15-18(26)9-10-22(23)30(25(29)32)19-11-13-28(14-12-19)21-8-4-6-17-5-2-3-7-20(17)21/h2-3,5,7,9-10,15,19,21H,4,6,8,11-14,16H2,1H3,(H,27,31). The first-order valence-corrected chi connectivity index (χ1v) is 11.5. The van der Waals surface area contributed by atoms with E-state index < -0.39 is 5.82 Å². The van der Waals surface area contributed by atoms with Crippen molar-refractivity contribution in [1.29, 1.82) is 0 Å². The van der Waals surface area contributed by atoms with Gasteiger partial charge in [0.2, 0.25) is 5.91 Å². The molecule has 0 saturated carbocycles. The van der Waals surface area contributed by atoms with Gasteiger partial charge >= 0.3 is 5.69 Å². The van der Waals surface area contributed by atoms with Crippen LogP contribution in [0.1, 0.15) is 48.9 Å². The van der Waals surface area contributed by atoms with Crippen LogP contribution in [-0.2, 0) is 17.8 Å². The molecule has 1 N–H and O–H groups in total. The van der Waals surface area contributed by atoms with Crippen LogP contribution >= 0.6 is 0 Å². The molecule has 32 heavy (non-hydrogen) atoms. The number of rotatable bonds is 4. The van der Waals surface area contributed by atoms with Gasteiger partial charge in [-0.3, -0.25) is 18.8 Å². The Morgan fingerprint density at radius 2 is 1.88 bits per heavy atom. The van der Waals surface area contributed by atoms with Crippen LogP contribution in [0.2, 0.25) is 0 Å². The molecule has 1 amide bonds. The van der Waals surface area contributed by atoms with Gasteiger partial charge in [-0.15, -0.1) is 0 Å². The maximum absolute atomic E-state index is 14.0. The molecule has 1 aliphatic carbocycles. The number of imidazole rings is 1. The fraction of sp³-hybridized carbons (Fsp3) is 0.440. The van der Waals surface area contributed by atoms with E-state index in [1.54, 1.807) is 10.6 Å². The van der Waals surface area contributed by atoms with Crippen LogP contribution in [0.25, 0.3) is 11.0 Å². The number of likely N-dealkylation sites (N-methyl/N-ethyl adjacent to an activating group) is 1. The third-order valence-electron chi connectivity index (χ3n) is 7.15. The van der Waals surface area contributed by atoms with Crippen molar-refractivity contribution in [3.63, 3.8) is 0 Å². The number of halogens is 1. The Kier molecular flexibility index (Phi) is 5.59. The van der Waals surface area contributed by atoms with E-state index in [-0.39, 0.29) is 24.2 Å². The molecule has 0 bridgehead atoms. The summed E-state index contributed by atoms with van der Waals surface area (Å²) in [4.78, 5) is 27.9. The number of carbonyl (C=O) groups excluding carboxylic acids is 1. The van der Waals surface area contributed by atoms with Gasteiger partial charge in [-0.1, -0.05) is 24.3 Å². The molecule has 2 aromatic carbocycles. The first-order chi connectivity index (χ1) is 15.6. The lowest BCUT2D eigenvalue weighted by Gasteiger charge is -2.40. The lowest BCUT2D eigenvalue weighted by Crippen LogP contribution is -2.41. The fourth-order valence-corrected chi connectivity index (χ4v) is 5.54. The molecule has 6 nitrogen and oxygen atoms in total. The van der Waals surface area contributed by atoms with E-state index in [2.05, 4.69) is 34.5 Å². The Hall–Kier alpha value is -2.93. The van der Waals surface area contributed by atoms with Gasteiger partial charge in [0.1, 0.15) is 12.4 Å². The van der Waals surface area contributed by atoms with Crippen LogP contribution in [0, 0.1) is 5.82 Å². The SMILES string of the molecule is CNC(=O)Cn1c(=O)n(C2CCN(C3CCCc4ccccc43)CC2)c2ccc(F)cc21. The van der Waals surface area contributed by atoms with Crippen LogP contribution in [-0.4, -0.2) is 40.1 Å². The topological polar surface area (TPSA) is 59.3 Å². The van der Waals surface area contributed by atoms with Gasteiger partial charge in [0.15, 0.2) is 0 Å². The second-order valence-corrected chi connectivity index (χ2v) is 8.92. The zero-order valence-corrected chi connectivity index (χ0v) is 18.4. The first kappa shape index (κ1) is 20.9. The average Bonchev–Trinajstić information content (AvgIpc) is 3.09. The number of amides is 1. The van der Waals surface area contributed by atoms with E-state index in [9.17, 15) is 14.0 Å². The molecular weight excluding hydrogens is 407 g/mol. The third-order valence-corrected chi connectivity index (χ3v) is 7.15. The Morgan fingerprint density at radius 1 is 1.09 bits per heavy atom. The Morgan fingerprint density at radius 3 is 2.66 bits per heavy atom.